The van der Waals surface area contributed by atoms with Crippen molar-refractivity contribution in [1.29, 1.82) is 0 Å². The van der Waals surface area contributed by atoms with Crippen molar-refractivity contribution in [3.63, 3.8) is 0 Å². The van der Waals surface area contributed by atoms with Gasteiger partial charge in [0.05, 0.1) is 13.3 Å². The van der Waals surface area contributed by atoms with Crippen LogP contribution in [-0.2, 0) is 6.61 Å². The highest BCUT2D eigenvalue weighted by molar-refractivity contribution is 5.77. The molecule has 0 radical (unpaired) electrons. The van der Waals surface area contributed by atoms with Gasteiger partial charge in [0.1, 0.15) is 18.1 Å². The topological polar surface area (TPSA) is 57.4 Å². The highest BCUT2D eigenvalue weighted by Crippen LogP contribution is 2.30. The maximum Gasteiger partial charge on any atom is 0.137 e. The zero-order valence-corrected chi connectivity index (χ0v) is 12.9. The average Bonchev–Trinajstić information content (AvgIpc) is 2.61. The third-order valence-electron chi connectivity index (χ3n) is 3.53. The summed E-state index contributed by atoms with van der Waals surface area (Å²) in [6.45, 7) is 0.514. The first kappa shape index (κ1) is 14.9. The Morgan fingerprint density at radius 3 is 2.52 bits per heavy atom. The van der Waals surface area contributed by atoms with Crippen molar-refractivity contribution >= 4 is 5.69 Å². The standard InChI is InChI=1S/C19H18N2O2/c1-22-17-9-15(11-21-12-17)18-8-7-16(10-19(18)20)23-13-14-5-3-2-4-6-14/h2-12H,13,20H2,1H3. The average molecular weight is 306 g/mol. The van der Waals surface area contributed by atoms with Gasteiger partial charge in [-0.1, -0.05) is 30.3 Å². The van der Waals surface area contributed by atoms with Crippen LogP contribution in [0.2, 0.25) is 0 Å². The monoisotopic (exact) mass is 306 g/mol. The summed E-state index contributed by atoms with van der Waals surface area (Å²) in [5.41, 5.74) is 9.75. The number of nitrogens with zero attached hydrogens (tertiary/aromatic N) is 1. The Labute approximate surface area is 135 Å². The molecule has 0 atom stereocenters. The van der Waals surface area contributed by atoms with Gasteiger partial charge in [0, 0.05) is 29.1 Å². The Morgan fingerprint density at radius 1 is 0.957 bits per heavy atom. The van der Waals surface area contributed by atoms with Crippen molar-refractivity contribution in [1.82, 2.24) is 4.98 Å². The molecule has 23 heavy (non-hydrogen) atoms. The molecule has 0 aliphatic rings. The summed E-state index contributed by atoms with van der Waals surface area (Å²) in [5.74, 6) is 1.44. The molecule has 0 saturated heterocycles. The van der Waals surface area contributed by atoms with Crippen molar-refractivity contribution in [2.75, 3.05) is 12.8 Å². The van der Waals surface area contributed by atoms with Crippen LogP contribution in [0, 0.1) is 0 Å². The van der Waals surface area contributed by atoms with Crippen LogP contribution < -0.4 is 15.2 Å². The van der Waals surface area contributed by atoms with Gasteiger partial charge in [-0.3, -0.25) is 4.98 Å². The maximum atomic E-state index is 6.17. The number of nitrogens with two attached hydrogens (primary N) is 1. The quantitative estimate of drug-likeness (QED) is 0.726. The molecule has 0 amide bonds. The number of aromatic nitrogens is 1. The number of ether oxygens (including phenoxy) is 2. The zero-order chi connectivity index (χ0) is 16.1. The van der Waals surface area contributed by atoms with Crippen molar-refractivity contribution in [3.05, 3.63) is 72.6 Å². The molecule has 0 spiro atoms. The van der Waals surface area contributed by atoms with Gasteiger partial charge in [-0.25, -0.2) is 0 Å². The fourth-order valence-electron chi connectivity index (χ4n) is 2.31. The van der Waals surface area contributed by atoms with E-state index >= 15 is 0 Å². The molecule has 2 aromatic carbocycles. The minimum Gasteiger partial charge on any atom is -0.495 e. The number of nitrogen functional groups attached to an aromatic ring is 1. The molecule has 2 N–H and O–H groups in total. The maximum absolute atomic E-state index is 6.17. The largest absolute Gasteiger partial charge is 0.495 e. The van der Waals surface area contributed by atoms with Crippen LogP contribution in [0.4, 0.5) is 5.69 Å². The predicted octanol–water partition coefficient (Wildman–Crippen LogP) is 3.92. The molecule has 0 aliphatic heterocycles. The lowest BCUT2D eigenvalue weighted by molar-refractivity contribution is 0.306. The van der Waals surface area contributed by atoms with E-state index in [1.165, 1.54) is 0 Å². The van der Waals surface area contributed by atoms with Crippen LogP contribution in [-0.4, -0.2) is 12.1 Å². The van der Waals surface area contributed by atoms with E-state index in [4.69, 9.17) is 15.2 Å². The van der Waals surface area contributed by atoms with Crippen LogP contribution in [0.5, 0.6) is 11.5 Å². The lowest BCUT2D eigenvalue weighted by Crippen LogP contribution is -1.97. The Hall–Kier alpha value is -3.01. The fraction of sp³-hybridized carbons (Fsp3) is 0.105. The second kappa shape index (κ2) is 6.83. The minimum absolute atomic E-state index is 0.514. The number of rotatable bonds is 5. The molecule has 3 rings (SSSR count). The first-order valence-corrected chi connectivity index (χ1v) is 7.32. The highest BCUT2D eigenvalue weighted by atomic mass is 16.5. The van der Waals surface area contributed by atoms with Crippen LogP contribution in [0.1, 0.15) is 5.56 Å². The van der Waals surface area contributed by atoms with Crippen molar-refractivity contribution in [3.8, 4) is 22.6 Å². The molecule has 4 nitrogen and oxygen atoms in total. The molecule has 1 heterocycles. The third kappa shape index (κ3) is 3.61. The molecular formula is C19H18N2O2. The number of hydrogen-bond donors (Lipinski definition) is 1. The van der Waals surface area contributed by atoms with Gasteiger partial charge >= 0.3 is 0 Å². The van der Waals surface area contributed by atoms with Gasteiger partial charge in [-0.15, -0.1) is 0 Å². The highest BCUT2D eigenvalue weighted by Gasteiger charge is 2.06. The van der Waals surface area contributed by atoms with E-state index in [1.54, 1.807) is 19.5 Å². The van der Waals surface area contributed by atoms with Gasteiger partial charge in [0.2, 0.25) is 0 Å². The molecule has 0 unspecified atom stereocenters. The third-order valence-corrected chi connectivity index (χ3v) is 3.53. The van der Waals surface area contributed by atoms with Crippen LogP contribution in [0.15, 0.2) is 67.0 Å². The Balaban J connectivity index is 1.77. The summed E-state index contributed by atoms with van der Waals surface area (Å²) in [6, 6.07) is 17.6. The molecule has 0 bridgehead atoms. The molecule has 0 saturated carbocycles. The second-order valence-electron chi connectivity index (χ2n) is 5.14. The molecule has 116 valence electrons. The first-order valence-electron chi connectivity index (χ1n) is 7.32. The van der Waals surface area contributed by atoms with E-state index < -0.39 is 0 Å². The van der Waals surface area contributed by atoms with Crippen LogP contribution in [0.3, 0.4) is 0 Å². The van der Waals surface area contributed by atoms with Crippen LogP contribution >= 0.6 is 0 Å². The summed E-state index contributed by atoms with van der Waals surface area (Å²) in [5, 5.41) is 0. The van der Waals surface area contributed by atoms with Crippen LogP contribution in [0.25, 0.3) is 11.1 Å². The smallest absolute Gasteiger partial charge is 0.137 e. The van der Waals surface area contributed by atoms with Crippen molar-refractivity contribution in [2.45, 2.75) is 6.61 Å². The minimum atomic E-state index is 0.514. The summed E-state index contributed by atoms with van der Waals surface area (Å²) in [7, 11) is 1.62. The van der Waals surface area contributed by atoms with Gasteiger partial charge in [-0.2, -0.15) is 0 Å². The van der Waals surface area contributed by atoms with E-state index in [9.17, 15) is 0 Å². The SMILES string of the molecule is COc1cncc(-c2ccc(OCc3ccccc3)cc2N)c1. The fourth-order valence-corrected chi connectivity index (χ4v) is 2.31. The van der Waals surface area contributed by atoms with Gasteiger partial charge in [0.15, 0.2) is 0 Å². The lowest BCUT2D eigenvalue weighted by Gasteiger charge is -2.11. The van der Waals surface area contributed by atoms with E-state index in [2.05, 4.69) is 4.98 Å². The first-order chi connectivity index (χ1) is 11.3. The van der Waals surface area contributed by atoms with E-state index in [-0.39, 0.29) is 0 Å². The zero-order valence-electron chi connectivity index (χ0n) is 12.9. The summed E-state index contributed by atoms with van der Waals surface area (Å²) < 4.78 is 11.0. The summed E-state index contributed by atoms with van der Waals surface area (Å²) in [4.78, 5) is 4.16. The Kier molecular flexibility index (Phi) is 4.43. The number of methoxy groups -OCH3 is 1. The predicted molar refractivity (Wildman–Crippen MR) is 91.4 cm³/mol. The molecular weight excluding hydrogens is 288 g/mol. The second-order valence-corrected chi connectivity index (χ2v) is 5.14. The lowest BCUT2D eigenvalue weighted by atomic mass is 10.1. The Bertz CT molecular complexity index is 788. The van der Waals surface area contributed by atoms with Gasteiger partial charge < -0.3 is 15.2 Å². The summed E-state index contributed by atoms with van der Waals surface area (Å²) >= 11 is 0. The van der Waals surface area contributed by atoms with Gasteiger partial charge in [-0.05, 0) is 23.8 Å². The van der Waals surface area contributed by atoms with Crippen molar-refractivity contribution < 1.29 is 9.47 Å². The molecule has 0 fully saturated rings. The normalized spacial score (nSPS) is 10.3. The van der Waals surface area contributed by atoms with E-state index in [0.717, 1.165) is 22.4 Å². The van der Waals surface area contributed by atoms with E-state index in [1.807, 2.05) is 54.6 Å². The number of pyridine rings is 1. The molecule has 3 aromatic rings. The van der Waals surface area contributed by atoms with Crippen molar-refractivity contribution in [2.24, 2.45) is 0 Å². The molecule has 0 aliphatic carbocycles. The van der Waals surface area contributed by atoms with Gasteiger partial charge in [0.25, 0.3) is 0 Å². The number of anilines is 1. The summed E-state index contributed by atoms with van der Waals surface area (Å²) in [6.07, 6.45) is 3.43. The number of benzene rings is 2. The number of hydrogen-bond acceptors (Lipinski definition) is 4. The molecule has 1 aromatic heterocycles. The molecule has 4 heteroatoms. The Morgan fingerprint density at radius 2 is 1.78 bits per heavy atom. The van der Waals surface area contributed by atoms with E-state index in [0.29, 0.717) is 18.0 Å².